The fraction of sp³-hybridized carbons (Fsp3) is 0.471. The second-order valence-electron chi connectivity index (χ2n) is 5.76. The molecule has 0 spiro atoms. The molecule has 8 heteroatoms. The Labute approximate surface area is 146 Å². The van der Waals surface area contributed by atoms with Gasteiger partial charge in [-0.3, -0.25) is 9.59 Å². The van der Waals surface area contributed by atoms with E-state index in [0.717, 1.165) is 11.3 Å². The van der Waals surface area contributed by atoms with Gasteiger partial charge >= 0.3 is 12.0 Å². The number of carbonyl (C=O) groups excluding carboxylic acids is 2. The Kier molecular flexibility index (Phi) is 6.76. The average Bonchev–Trinajstić information content (AvgIpc) is 2.58. The Hall–Kier alpha value is -2.61. The number of aliphatic carboxylic acids is 1. The maximum atomic E-state index is 12.1. The maximum Gasteiger partial charge on any atom is 0.319 e. The Morgan fingerprint density at radius 3 is 2.84 bits per heavy atom. The van der Waals surface area contributed by atoms with Crippen LogP contribution >= 0.6 is 0 Å². The summed E-state index contributed by atoms with van der Waals surface area (Å²) in [6, 6.07) is 5.04. The van der Waals surface area contributed by atoms with Crippen LogP contribution < -0.4 is 15.5 Å². The van der Waals surface area contributed by atoms with E-state index in [1.807, 2.05) is 12.1 Å². The summed E-state index contributed by atoms with van der Waals surface area (Å²) in [5.41, 5.74) is 2.48. The number of nitrogens with one attached hydrogen (secondary N) is 2. The van der Waals surface area contributed by atoms with Crippen LogP contribution in [-0.4, -0.2) is 49.8 Å². The number of amides is 3. The lowest BCUT2D eigenvalue weighted by molar-refractivity contribution is -0.137. The number of carboxylic acid groups (broad SMARTS) is 1. The largest absolute Gasteiger partial charge is 0.481 e. The van der Waals surface area contributed by atoms with Crippen LogP contribution in [0, 0.1) is 0 Å². The number of fused-ring (bicyclic) bond motifs is 1. The van der Waals surface area contributed by atoms with E-state index in [9.17, 15) is 14.4 Å². The number of methoxy groups -OCH3 is 1. The quantitative estimate of drug-likeness (QED) is 0.618. The number of hydrogen-bond donors (Lipinski definition) is 3. The van der Waals surface area contributed by atoms with E-state index in [0.29, 0.717) is 44.6 Å². The van der Waals surface area contributed by atoms with Crippen LogP contribution in [0.5, 0.6) is 0 Å². The minimum Gasteiger partial charge on any atom is -0.481 e. The molecule has 8 nitrogen and oxygen atoms in total. The van der Waals surface area contributed by atoms with E-state index >= 15 is 0 Å². The van der Waals surface area contributed by atoms with Crippen molar-refractivity contribution >= 4 is 29.3 Å². The summed E-state index contributed by atoms with van der Waals surface area (Å²) in [5.74, 6) is -0.814. The Morgan fingerprint density at radius 2 is 2.12 bits per heavy atom. The lowest BCUT2D eigenvalue weighted by atomic mass is 10.0. The van der Waals surface area contributed by atoms with Gasteiger partial charge in [0.25, 0.3) is 0 Å². The van der Waals surface area contributed by atoms with Crippen LogP contribution in [0.2, 0.25) is 0 Å². The van der Waals surface area contributed by atoms with Gasteiger partial charge in [0.15, 0.2) is 0 Å². The number of nitrogens with zero attached hydrogens (tertiary/aromatic N) is 1. The molecule has 0 aliphatic carbocycles. The molecule has 0 aromatic heterocycles. The molecular formula is C17H23N3O5. The SMILES string of the molecule is COCCN1C(=O)CCc2cc(NC(=O)NCCCC(=O)O)ccc21. The van der Waals surface area contributed by atoms with Gasteiger partial charge < -0.3 is 25.4 Å². The van der Waals surface area contributed by atoms with Crippen molar-refractivity contribution in [2.75, 3.05) is 37.0 Å². The molecule has 0 saturated carbocycles. The Bertz CT molecular complexity index is 647. The molecule has 0 saturated heterocycles. The minimum absolute atomic E-state index is 0.0183. The third-order valence-electron chi connectivity index (χ3n) is 3.91. The van der Waals surface area contributed by atoms with Gasteiger partial charge in [-0.05, 0) is 36.6 Å². The number of hydrogen-bond acceptors (Lipinski definition) is 4. The van der Waals surface area contributed by atoms with Crippen molar-refractivity contribution in [3.63, 3.8) is 0 Å². The number of carboxylic acids is 1. The molecule has 0 fully saturated rings. The molecule has 3 N–H and O–H groups in total. The normalized spacial score (nSPS) is 13.3. The molecule has 136 valence electrons. The number of urea groups is 1. The summed E-state index contributed by atoms with van der Waals surface area (Å²) in [7, 11) is 1.59. The molecule has 1 aliphatic heterocycles. The van der Waals surface area contributed by atoms with Crippen molar-refractivity contribution < 1.29 is 24.2 Å². The fourth-order valence-corrected chi connectivity index (χ4v) is 2.68. The van der Waals surface area contributed by atoms with E-state index in [1.165, 1.54) is 0 Å². The van der Waals surface area contributed by atoms with Gasteiger partial charge in [0, 0.05) is 44.4 Å². The highest BCUT2D eigenvalue weighted by Gasteiger charge is 2.24. The lowest BCUT2D eigenvalue weighted by Crippen LogP contribution is -2.37. The second kappa shape index (κ2) is 9.03. The van der Waals surface area contributed by atoms with Gasteiger partial charge in [0.2, 0.25) is 5.91 Å². The van der Waals surface area contributed by atoms with E-state index in [-0.39, 0.29) is 18.4 Å². The number of carbonyl (C=O) groups is 3. The molecule has 0 bridgehead atoms. The fourth-order valence-electron chi connectivity index (χ4n) is 2.68. The maximum absolute atomic E-state index is 12.1. The topological polar surface area (TPSA) is 108 Å². The van der Waals surface area contributed by atoms with Crippen LogP contribution in [0.4, 0.5) is 16.2 Å². The summed E-state index contributed by atoms with van der Waals surface area (Å²) in [6.07, 6.45) is 1.46. The first-order valence-corrected chi connectivity index (χ1v) is 8.20. The standard InChI is InChI=1S/C17H23N3O5/c1-25-10-9-20-14-6-5-13(11-12(14)4-7-15(20)21)19-17(24)18-8-2-3-16(22)23/h5-6,11H,2-4,7-10H2,1H3,(H,22,23)(H2,18,19,24). The van der Waals surface area contributed by atoms with Gasteiger partial charge in [-0.1, -0.05) is 0 Å². The molecule has 1 heterocycles. The molecule has 1 aliphatic rings. The summed E-state index contributed by atoms with van der Waals surface area (Å²) in [6.45, 7) is 1.26. The Morgan fingerprint density at radius 1 is 1.32 bits per heavy atom. The van der Waals surface area contributed by atoms with Crippen molar-refractivity contribution in [1.29, 1.82) is 0 Å². The lowest BCUT2D eigenvalue weighted by Gasteiger charge is -2.29. The van der Waals surface area contributed by atoms with E-state index in [1.54, 1.807) is 18.1 Å². The number of anilines is 2. The van der Waals surface area contributed by atoms with Gasteiger partial charge in [0.05, 0.1) is 6.61 Å². The number of ether oxygens (including phenoxy) is 1. The number of aryl methyl sites for hydroxylation is 1. The summed E-state index contributed by atoms with van der Waals surface area (Å²) in [5, 5.41) is 13.9. The zero-order valence-electron chi connectivity index (χ0n) is 14.2. The van der Waals surface area contributed by atoms with Crippen molar-refractivity contribution in [2.45, 2.75) is 25.7 Å². The molecule has 0 atom stereocenters. The first kappa shape index (κ1) is 18.7. The molecule has 0 radical (unpaired) electrons. The van der Waals surface area contributed by atoms with Crippen molar-refractivity contribution in [3.8, 4) is 0 Å². The van der Waals surface area contributed by atoms with Gasteiger partial charge in [-0.2, -0.15) is 0 Å². The highest BCUT2D eigenvalue weighted by atomic mass is 16.5. The second-order valence-corrected chi connectivity index (χ2v) is 5.76. The van der Waals surface area contributed by atoms with Gasteiger partial charge in [0.1, 0.15) is 0 Å². The monoisotopic (exact) mass is 349 g/mol. The van der Waals surface area contributed by atoms with Crippen LogP contribution in [-0.2, 0) is 20.7 Å². The minimum atomic E-state index is -0.885. The summed E-state index contributed by atoms with van der Waals surface area (Å²) < 4.78 is 5.05. The van der Waals surface area contributed by atoms with E-state index in [2.05, 4.69) is 10.6 Å². The molecule has 25 heavy (non-hydrogen) atoms. The predicted octanol–water partition coefficient (Wildman–Crippen LogP) is 1.60. The molecule has 3 amide bonds. The van der Waals surface area contributed by atoms with Gasteiger partial charge in [-0.15, -0.1) is 0 Å². The highest BCUT2D eigenvalue weighted by molar-refractivity contribution is 5.97. The average molecular weight is 349 g/mol. The third-order valence-corrected chi connectivity index (χ3v) is 3.91. The summed E-state index contributed by atoms with van der Waals surface area (Å²) in [4.78, 5) is 36.0. The zero-order chi connectivity index (χ0) is 18.2. The number of rotatable bonds is 8. The van der Waals surface area contributed by atoms with Crippen molar-refractivity contribution in [2.24, 2.45) is 0 Å². The molecule has 0 unspecified atom stereocenters. The van der Waals surface area contributed by atoms with Gasteiger partial charge in [-0.25, -0.2) is 4.79 Å². The predicted molar refractivity (Wildman–Crippen MR) is 92.9 cm³/mol. The van der Waals surface area contributed by atoms with E-state index in [4.69, 9.17) is 9.84 Å². The summed E-state index contributed by atoms with van der Waals surface area (Å²) >= 11 is 0. The first-order valence-electron chi connectivity index (χ1n) is 8.20. The van der Waals surface area contributed by atoms with Crippen LogP contribution in [0.25, 0.3) is 0 Å². The molecule has 2 rings (SSSR count). The van der Waals surface area contributed by atoms with Crippen LogP contribution in [0.3, 0.4) is 0 Å². The Balaban J connectivity index is 1.95. The smallest absolute Gasteiger partial charge is 0.319 e. The molecule has 1 aromatic rings. The van der Waals surface area contributed by atoms with Crippen LogP contribution in [0.1, 0.15) is 24.8 Å². The number of benzene rings is 1. The van der Waals surface area contributed by atoms with Crippen LogP contribution in [0.15, 0.2) is 18.2 Å². The highest BCUT2D eigenvalue weighted by Crippen LogP contribution is 2.30. The molecular weight excluding hydrogens is 326 g/mol. The molecule has 1 aromatic carbocycles. The van der Waals surface area contributed by atoms with Crippen molar-refractivity contribution in [1.82, 2.24) is 5.32 Å². The zero-order valence-corrected chi connectivity index (χ0v) is 14.2. The van der Waals surface area contributed by atoms with E-state index < -0.39 is 5.97 Å². The third kappa shape index (κ3) is 5.46. The van der Waals surface area contributed by atoms with Crippen molar-refractivity contribution in [3.05, 3.63) is 23.8 Å². The first-order chi connectivity index (χ1) is 12.0.